The average Bonchev–Trinajstić information content (AvgIpc) is 2.77. The zero-order chi connectivity index (χ0) is 24.9. The maximum absolute atomic E-state index is 13.8. The van der Waals surface area contributed by atoms with Crippen LogP contribution < -0.4 is 5.43 Å². The second kappa shape index (κ2) is 10.9. The summed E-state index contributed by atoms with van der Waals surface area (Å²) in [6.07, 6.45) is 5.73. The summed E-state index contributed by atoms with van der Waals surface area (Å²) in [5.74, 6) is -1.56. The number of nitrogens with zero attached hydrogens (tertiary/aromatic N) is 2. The van der Waals surface area contributed by atoms with Crippen molar-refractivity contribution in [3.05, 3.63) is 64.2 Å². The molecule has 0 atom stereocenters. The molecule has 1 aliphatic rings. The number of aryl methyl sites for hydroxylation is 3. The monoisotopic (exact) mass is 485 g/mol. The first-order valence-corrected chi connectivity index (χ1v) is 12.8. The van der Waals surface area contributed by atoms with E-state index in [0.29, 0.717) is 16.7 Å². The van der Waals surface area contributed by atoms with Crippen molar-refractivity contribution in [2.45, 2.75) is 63.8 Å². The van der Waals surface area contributed by atoms with Crippen LogP contribution in [0.3, 0.4) is 0 Å². The minimum absolute atomic E-state index is 0.149. The van der Waals surface area contributed by atoms with Gasteiger partial charge < -0.3 is 5.11 Å². The van der Waals surface area contributed by atoms with Gasteiger partial charge in [-0.3, -0.25) is 4.79 Å². The Morgan fingerprint density at radius 1 is 1.06 bits per heavy atom. The number of sulfonamides is 1. The Kier molecular flexibility index (Phi) is 8.22. The SMILES string of the molecule is Cc1cc(C)c(S(=O)(=O)N(CC(=O)N/N=C/c2ccc(C(=O)O)cc2)C2CCCCC2)c(C)c1. The van der Waals surface area contributed by atoms with Crippen molar-refractivity contribution in [1.29, 1.82) is 0 Å². The first-order valence-electron chi connectivity index (χ1n) is 11.3. The van der Waals surface area contributed by atoms with Crippen LogP contribution in [0, 0.1) is 20.8 Å². The molecule has 0 aromatic heterocycles. The van der Waals surface area contributed by atoms with E-state index in [9.17, 15) is 18.0 Å². The van der Waals surface area contributed by atoms with E-state index in [1.54, 1.807) is 26.0 Å². The van der Waals surface area contributed by atoms with Crippen LogP contribution in [0.15, 0.2) is 46.4 Å². The number of carbonyl (C=O) groups excluding carboxylic acids is 1. The van der Waals surface area contributed by atoms with Gasteiger partial charge in [0.1, 0.15) is 0 Å². The Balaban J connectivity index is 1.80. The zero-order valence-electron chi connectivity index (χ0n) is 19.7. The van der Waals surface area contributed by atoms with E-state index in [0.717, 1.165) is 37.7 Å². The van der Waals surface area contributed by atoms with E-state index < -0.39 is 21.9 Å². The van der Waals surface area contributed by atoms with Gasteiger partial charge in [-0.25, -0.2) is 18.6 Å². The largest absolute Gasteiger partial charge is 0.478 e. The molecule has 0 aliphatic heterocycles. The highest BCUT2D eigenvalue weighted by Gasteiger charge is 2.35. The summed E-state index contributed by atoms with van der Waals surface area (Å²) in [5, 5.41) is 12.9. The summed E-state index contributed by atoms with van der Waals surface area (Å²) >= 11 is 0. The average molecular weight is 486 g/mol. The lowest BCUT2D eigenvalue weighted by Gasteiger charge is -2.33. The maximum atomic E-state index is 13.8. The van der Waals surface area contributed by atoms with Crippen LogP contribution in [0.2, 0.25) is 0 Å². The minimum Gasteiger partial charge on any atom is -0.478 e. The molecular formula is C25H31N3O5S. The van der Waals surface area contributed by atoms with Crippen LogP contribution in [0.1, 0.15) is 64.7 Å². The normalized spacial score (nSPS) is 15.1. The lowest BCUT2D eigenvalue weighted by atomic mass is 9.95. The number of carbonyl (C=O) groups is 2. The fourth-order valence-corrected chi connectivity index (χ4v) is 6.59. The van der Waals surface area contributed by atoms with Crippen LogP contribution in [0.25, 0.3) is 0 Å². The smallest absolute Gasteiger partial charge is 0.335 e. The Morgan fingerprint density at radius 3 is 2.21 bits per heavy atom. The Bertz CT molecular complexity index is 1160. The molecule has 1 amide bonds. The lowest BCUT2D eigenvalue weighted by molar-refractivity contribution is -0.121. The zero-order valence-corrected chi connectivity index (χ0v) is 20.6. The summed E-state index contributed by atoms with van der Waals surface area (Å²) in [6.45, 7) is 5.17. The third-order valence-electron chi connectivity index (χ3n) is 6.01. The van der Waals surface area contributed by atoms with Crippen molar-refractivity contribution in [2.24, 2.45) is 5.10 Å². The molecule has 2 aromatic carbocycles. The molecule has 1 fully saturated rings. The highest BCUT2D eigenvalue weighted by Crippen LogP contribution is 2.31. The number of nitrogens with one attached hydrogen (secondary N) is 1. The molecule has 1 saturated carbocycles. The highest BCUT2D eigenvalue weighted by atomic mass is 32.2. The van der Waals surface area contributed by atoms with Gasteiger partial charge in [0.2, 0.25) is 10.0 Å². The maximum Gasteiger partial charge on any atom is 0.335 e. The third kappa shape index (κ3) is 6.09. The Morgan fingerprint density at radius 2 is 1.65 bits per heavy atom. The van der Waals surface area contributed by atoms with Gasteiger partial charge in [0.25, 0.3) is 5.91 Å². The molecular weight excluding hydrogens is 454 g/mol. The van der Waals surface area contributed by atoms with Gasteiger partial charge in [0, 0.05) is 6.04 Å². The molecule has 1 aliphatic carbocycles. The van der Waals surface area contributed by atoms with Gasteiger partial charge in [-0.05, 0) is 62.4 Å². The minimum atomic E-state index is -3.90. The predicted molar refractivity (Wildman–Crippen MR) is 131 cm³/mol. The lowest BCUT2D eigenvalue weighted by Crippen LogP contribution is -2.46. The number of carboxylic acid groups (broad SMARTS) is 1. The van der Waals surface area contributed by atoms with Crippen molar-refractivity contribution >= 4 is 28.1 Å². The second-order valence-electron chi connectivity index (χ2n) is 8.79. The van der Waals surface area contributed by atoms with Crippen molar-refractivity contribution in [1.82, 2.24) is 9.73 Å². The number of benzene rings is 2. The summed E-state index contributed by atoms with van der Waals surface area (Å²) in [4.78, 5) is 23.9. The molecule has 0 saturated heterocycles. The standard InChI is InChI=1S/C25H31N3O5S/c1-17-13-18(2)24(19(3)14-17)34(32,33)28(22-7-5-4-6-8-22)16-23(29)27-26-15-20-9-11-21(12-10-20)25(30)31/h9-15,22H,4-8,16H2,1-3H3,(H,27,29)(H,30,31)/b26-15+. The highest BCUT2D eigenvalue weighted by molar-refractivity contribution is 7.89. The van der Waals surface area contributed by atoms with Gasteiger partial charge in [-0.1, -0.05) is 49.1 Å². The van der Waals surface area contributed by atoms with E-state index in [-0.39, 0.29) is 23.0 Å². The van der Waals surface area contributed by atoms with Gasteiger partial charge in [0.05, 0.1) is 23.2 Å². The van der Waals surface area contributed by atoms with Crippen LogP contribution >= 0.6 is 0 Å². The molecule has 182 valence electrons. The molecule has 0 heterocycles. The summed E-state index contributed by atoms with van der Waals surface area (Å²) in [6, 6.07) is 9.47. The quantitative estimate of drug-likeness (QED) is 0.436. The first-order chi connectivity index (χ1) is 16.1. The van der Waals surface area contributed by atoms with Gasteiger partial charge in [0.15, 0.2) is 0 Å². The summed E-state index contributed by atoms with van der Waals surface area (Å²) < 4.78 is 28.9. The molecule has 9 heteroatoms. The van der Waals surface area contributed by atoms with E-state index in [1.165, 1.54) is 22.7 Å². The van der Waals surface area contributed by atoms with Gasteiger partial charge >= 0.3 is 5.97 Å². The number of amides is 1. The number of aromatic carboxylic acids is 1. The number of hydrazone groups is 1. The van der Waals surface area contributed by atoms with E-state index in [4.69, 9.17) is 5.11 Å². The van der Waals surface area contributed by atoms with Crippen LogP contribution in [0.5, 0.6) is 0 Å². The Labute approximate surface area is 200 Å². The number of hydrogen-bond donors (Lipinski definition) is 2. The number of hydrogen-bond acceptors (Lipinski definition) is 5. The Hall–Kier alpha value is -3.04. The molecule has 2 N–H and O–H groups in total. The number of carboxylic acids is 1. The molecule has 0 unspecified atom stereocenters. The molecule has 34 heavy (non-hydrogen) atoms. The molecule has 8 nitrogen and oxygen atoms in total. The summed E-state index contributed by atoms with van der Waals surface area (Å²) in [5.41, 5.74) is 5.49. The molecule has 2 aromatic rings. The van der Waals surface area contributed by atoms with Gasteiger partial charge in [-0.2, -0.15) is 9.41 Å². The molecule has 3 rings (SSSR count). The topological polar surface area (TPSA) is 116 Å². The predicted octanol–water partition coefficient (Wildman–Crippen LogP) is 3.78. The first kappa shape index (κ1) is 25.6. The summed E-state index contributed by atoms with van der Waals surface area (Å²) in [7, 11) is -3.90. The molecule has 0 radical (unpaired) electrons. The second-order valence-corrected chi connectivity index (χ2v) is 10.6. The third-order valence-corrected chi connectivity index (χ3v) is 8.22. The van der Waals surface area contributed by atoms with Crippen LogP contribution in [-0.4, -0.2) is 48.5 Å². The fraction of sp³-hybridized carbons (Fsp3) is 0.400. The van der Waals surface area contributed by atoms with Gasteiger partial charge in [-0.15, -0.1) is 0 Å². The van der Waals surface area contributed by atoms with E-state index in [2.05, 4.69) is 10.5 Å². The van der Waals surface area contributed by atoms with Crippen molar-refractivity contribution < 1.29 is 23.1 Å². The fourth-order valence-electron chi connectivity index (χ4n) is 4.54. The van der Waals surface area contributed by atoms with E-state index in [1.807, 2.05) is 19.1 Å². The molecule has 0 spiro atoms. The van der Waals surface area contributed by atoms with Crippen molar-refractivity contribution in [2.75, 3.05) is 6.54 Å². The molecule has 0 bridgehead atoms. The van der Waals surface area contributed by atoms with Crippen LogP contribution in [-0.2, 0) is 14.8 Å². The van der Waals surface area contributed by atoms with Crippen molar-refractivity contribution in [3.63, 3.8) is 0 Å². The van der Waals surface area contributed by atoms with Crippen molar-refractivity contribution in [3.8, 4) is 0 Å². The van der Waals surface area contributed by atoms with Crippen LogP contribution in [0.4, 0.5) is 0 Å². The van der Waals surface area contributed by atoms with E-state index >= 15 is 0 Å². The number of rotatable bonds is 8.